The third-order valence-corrected chi connectivity index (χ3v) is 7.91. The lowest BCUT2D eigenvalue weighted by atomic mass is 10.0. The molecule has 0 spiro atoms. The number of rotatable bonds is 12. The SMILES string of the molecule is CC(C)(C)OC(=O)[C@@]1(O)[C@@H](NC(=O)[C@H](Cc2cscn2)NC(=O)OCc2ccccc2)CCN1C(=O)CCCc1ccccc1. The molecule has 1 aromatic heterocycles. The summed E-state index contributed by atoms with van der Waals surface area (Å²) in [6.07, 6.45) is 0.547. The second-order valence-corrected chi connectivity index (χ2v) is 12.6. The Morgan fingerprint density at radius 3 is 2.36 bits per heavy atom. The highest BCUT2D eigenvalue weighted by Crippen LogP contribution is 2.32. The fourth-order valence-corrected chi connectivity index (χ4v) is 5.64. The number of hydrogen-bond donors (Lipinski definition) is 3. The van der Waals surface area contributed by atoms with Crippen molar-refractivity contribution in [3.05, 3.63) is 88.4 Å². The first-order chi connectivity index (χ1) is 21.5. The lowest BCUT2D eigenvalue weighted by Gasteiger charge is -2.37. The number of aryl methyl sites for hydroxylation is 1. The van der Waals surface area contributed by atoms with E-state index in [9.17, 15) is 24.3 Å². The predicted molar refractivity (Wildman–Crippen MR) is 168 cm³/mol. The van der Waals surface area contributed by atoms with Crippen LogP contribution in [-0.4, -0.2) is 68.8 Å². The number of carbonyl (C=O) groups is 4. The quantitative estimate of drug-likeness (QED) is 0.255. The van der Waals surface area contributed by atoms with Gasteiger partial charge in [-0.2, -0.15) is 0 Å². The maximum absolute atomic E-state index is 13.7. The monoisotopic (exact) mass is 636 g/mol. The molecular formula is C33H40N4O7S. The number of nitrogens with zero attached hydrogens (tertiary/aromatic N) is 2. The summed E-state index contributed by atoms with van der Waals surface area (Å²) in [5.74, 6) is -2.15. The number of benzene rings is 2. The fraction of sp³-hybridized carbons (Fsp3) is 0.424. The number of alkyl carbamates (subject to hydrolysis) is 1. The van der Waals surface area contributed by atoms with E-state index in [-0.39, 0.29) is 32.4 Å². The molecular weight excluding hydrogens is 596 g/mol. The molecule has 0 saturated carbocycles. The number of aromatic nitrogens is 1. The van der Waals surface area contributed by atoms with Crippen LogP contribution in [0.25, 0.3) is 0 Å². The average molecular weight is 637 g/mol. The van der Waals surface area contributed by atoms with Crippen molar-refractivity contribution in [1.82, 2.24) is 20.5 Å². The zero-order chi connectivity index (χ0) is 32.5. The van der Waals surface area contributed by atoms with Crippen LogP contribution in [0.4, 0.5) is 4.79 Å². The molecule has 1 fully saturated rings. The van der Waals surface area contributed by atoms with Gasteiger partial charge < -0.3 is 30.1 Å². The van der Waals surface area contributed by atoms with Crippen LogP contribution in [0.5, 0.6) is 0 Å². The van der Waals surface area contributed by atoms with E-state index in [1.807, 2.05) is 48.5 Å². The molecule has 1 aliphatic rings. The molecule has 0 bridgehead atoms. The van der Waals surface area contributed by atoms with Crippen molar-refractivity contribution in [1.29, 1.82) is 0 Å². The Bertz CT molecular complexity index is 1430. The van der Waals surface area contributed by atoms with E-state index in [1.165, 1.54) is 11.3 Å². The molecule has 45 heavy (non-hydrogen) atoms. The number of nitrogens with one attached hydrogen (secondary N) is 2. The Morgan fingerprint density at radius 1 is 1.07 bits per heavy atom. The summed E-state index contributed by atoms with van der Waals surface area (Å²) >= 11 is 1.34. The van der Waals surface area contributed by atoms with Gasteiger partial charge in [0.25, 0.3) is 5.72 Å². The molecule has 3 N–H and O–H groups in total. The molecule has 1 aliphatic heterocycles. The van der Waals surface area contributed by atoms with Crippen LogP contribution < -0.4 is 10.6 Å². The molecule has 0 unspecified atom stereocenters. The van der Waals surface area contributed by atoms with E-state index in [0.717, 1.165) is 16.0 Å². The van der Waals surface area contributed by atoms with E-state index in [2.05, 4.69) is 15.6 Å². The van der Waals surface area contributed by atoms with Crippen LogP contribution in [0.15, 0.2) is 71.6 Å². The van der Waals surface area contributed by atoms with Gasteiger partial charge in [-0.25, -0.2) is 14.6 Å². The Morgan fingerprint density at radius 2 is 1.73 bits per heavy atom. The van der Waals surface area contributed by atoms with Gasteiger partial charge in [-0.05, 0) is 51.2 Å². The smallest absolute Gasteiger partial charge is 0.408 e. The first-order valence-electron chi connectivity index (χ1n) is 14.9. The summed E-state index contributed by atoms with van der Waals surface area (Å²) in [5, 5.41) is 19.0. The molecule has 2 heterocycles. The fourth-order valence-electron chi connectivity index (χ4n) is 5.07. The molecule has 4 rings (SSSR count). The molecule has 240 valence electrons. The molecule has 2 aromatic carbocycles. The minimum atomic E-state index is -2.45. The molecule has 3 aromatic rings. The predicted octanol–water partition coefficient (Wildman–Crippen LogP) is 3.75. The highest BCUT2D eigenvalue weighted by molar-refractivity contribution is 7.07. The van der Waals surface area contributed by atoms with Gasteiger partial charge in [0, 0.05) is 24.8 Å². The minimum absolute atomic E-state index is 0.0000768. The second-order valence-electron chi connectivity index (χ2n) is 11.9. The van der Waals surface area contributed by atoms with Crippen molar-refractivity contribution in [2.75, 3.05) is 6.54 Å². The van der Waals surface area contributed by atoms with Gasteiger partial charge >= 0.3 is 12.1 Å². The molecule has 3 amide bonds. The van der Waals surface area contributed by atoms with Crippen LogP contribution in [0.2, 0.25) is 0 Å². The molecule has 0 radical (unpaired) electrons. The Hall–Kier alpha value is -4.29. The molecule has 11 nitrogen and oxygen atoms in total. The van der Waals surface area contributed by atoms with Crippen molar-refractivity contribution >= 4 is 35.2 Å². The van der Waals surface area contributed by atoms with Gasteiger partial charge in [0.2, 0.25) is 11.8 Å². The third-order valence-electron chi connectivity index (χ3n) is 7.27. The Labute approximate surface area is 266 Å². The van der Waals surface area contributed by atoms with E-state index in [1.54, 1.807) is 43.8 Å². The van der Waals surface area contributed by atoms with Crippen molar-refractivity contribution in [3.8, 4) is 0 Å². The van der Waals surface area contributed by atoms with E-state index in [4.69, 9.17) is 9.47 Å². The summed E-state index contributed by atoms with van der Waals surface area (Å²) in [4.78, 5) is 58.6. The minimum Gasteiger partial charge on any atom is -0.456 e. The number of thiazole rings is 1. The van der Waals surface area contributed by atoms with Gasteiger partial charge in [-0.3, -0.25) is 9.59 Å². The molecule has 12 heteroatoms. The Kier molecular flexibility index (Phi) is 11.3. The number of ether oxygens (including phenoxy) is 2. The van der Waals surface area contributed by atoms with Crippen LogP contribution in [0.3, 0.4) is 0 Å². The van der Waals surface area contributed by atoms with Crippen LogP contribution in [0.1, 0.15) is 56.9 Å². The zero-order valence-corrected chi connectivity index (χ0v) is 26.5. The molecule has 3 atom stereocenters. The van der Waals surface area contributed by atoms with Crippen molar-refractivity contribution in [2.45, 2.75) is 82.9 Å². The van der Waals surface area contributed by atoms with Crippen molar-refractivity contribution < 1.29 is 33.8 Å². The normalized spacial score (nSPS) is 18.6. The number of hydrogen-bond acceptors (Lipinski definition) is 9. The number of esters is 1. The molecule has 0 aliphatic carbocycles. The van der Waals surface area contributed by atoms with Gasteiger partial charge in [-0.1, -0.05) is 60.7 Å². The van der Waals surface area contributed by atoms with Crippen LogP contribution in [0, 0.1) is 0 Å². The summed E-state index contributed by atoms with van der Waals surface area (Å²) in [6, 6.07) is 16.5. The third kappa shape index (κ3) is 9.35. The molecule has 1 saturated heterocycles. The van der Waals surface area contributed by atoms with Gasteiger partial charge in [-0.15, -0.1) is 11.3 Å². The summed E-state index contributed by atoms with van der Waals surface area (Å²) < 4.78 is 10.9. The maximum atomic E-state index is 13.7. The van der Waals surface area contributed by atoms with Gasteiger partial charge in [0.15, 0.2) is 0 Å². The van der Waals surface area contributed by atoms with Crippen LogP contribution in [-0.2, 0) is 43.3 Å². The van der Waals surface area contributed by atoms with Crippen molar-refractivity contribution in [3.63, 3.8) is 0 Å². The van der Waals surface area contributed by atoms with Gasteiger partial charge in [0.05, 0.1) is 17.2 Å². The first-order valence-corrected chi connectivity index (χ1v) is 15.8. The lowest BCUT2D eigenvalue weighted by molar-refractivity contribution is -0.200. The lowest BCUT2D eigenvalue weighted by Crippen LogP contribution is -2.65. The van der Waals surface area contributed by atoms with E-state index >= 15 is 0 Å². The largest absolute Gasteiger partial charge is 0.456 e. The van der Waals surface area contributed by atoms with Crippen molar-refractivity contribution in [2.24, 2.45) is 0 Å². The first kappa shape index (κ1) is 33.6. The Balaban J connectivity index is 1.48. The van der Waals surface area contributed by atoms with Gasteiger partial charge in [0.1, 0.15) is 18.2 Å². The second kappa shape index (κ2) is 15.1. The summed E-state index contributed by atoms with van der Waals surface area (Å²) in [7, 11) is 0. The summed E-state index contributed by atoms with van der Waals surface area (Å²) in [5.41, 5.74) is 0.592. The van der Waals surface area contributed by atoms with Crippen LogP contribution >= 0.6 is 11.3 Å². The van der Waals surface area contributed by atoms with E-state index < -0.39 is 47.3 Å². The maximum Gasteiger partial charge on any atom is 0.408 e. The number of likely N-dealkylation sites (tertiary alicyclic amines) is 1. The summed E-state index contributed by atoms with van der Waals surface area (Å²) in [6.45, 7) is 4.97. The standard InChI is InChI=1S/C33H40N4O7S/c1-32(2,3)44-30(40)33(42)27(17-18-37(33)28(38)16-10-15-23-11-6-4-7-12-23)36-29(39)26(19-25-21-45-22-34-25)35-31(41)43-20-24-13-8-5-9-14-24/h4-9,11-14,21-22,26-27,42H,10,15-20H2,1-3H3,(H,35,41)(H,36,39)/t26-,27-,33-/m0/s1. The highest BCUT2D eigenvalue weighted by atomic mass is 32.1. The number of aliphatic hydroxyl groups is 1. The highest BCUT2D eigenvalue weighted by Gasteiger charge is 2.58. The number of carbonyl (C=O) groups excluding carboxylic acids is 4. The topological polar surface area (TPSA) is 147 Å². The average Bonchev–Trinajstić information content (AvgIpc) is 3.64. The zero-order valence-electron chi connectivity index (χ0n) is 25.7. The number of amides is 3. The van der Waals surface area contributed by atoms with E-state index in [0.29, 0.717) is 18.5 Å².